The Labute approximate surface area is 408 Å². The first-order valence-corrected chi connectivity index (χ1v) is 24.0. The van der Waals surface area contributed by atoms with Crippen molar-refractivity contribution in [3.05, 3.63) is 276 Å². The number of aromatic nitrogens is 4. The molecule has 70 heavy (non-hydrogen) atoms. The van der Waals surface area contributed by atoms with E-state index in [1.54, 1.807) is 0 Å². The molecule has 330 valence electrons. The Morgan fingerprint density at radius 1 is 0.257 bits per heavy atom. The average molecular weight is 895 g/mol. The van der Waals surface area contributed by atoms with Crippen LogP contribution in [0.25, 0.3) is 90.1 Å². The van der Waals surface area contributed by atoms with Gasteiger partial charge in [0.25, 0.3) is 0 Å². The fourth-order valence-electron chi connectivity index (χ4n) is 11.3. The van der Waals surface area contributed by atoms with Crippen molar-refractivity contribution in [2.45, 2.75) is 24.7 Å². The van der Waals surface area contributed by atoms with Crippen molar-refractivity contribution in [3.63, 3.8) is 0 Å². The third kappa shape index (κ3) is 6.59. The summed E-state index contributed by atoms with van der Waals surface area (Å²) in [7, 11) is 0. The normalized spacial score (nSPS) is 13.5. The minimum absolute atomic E-state index is 0.238. The Bertz CT molecular complexity index is 3660. The van der Waals surface area contributed by atoms with Crippen LogP contribution in [0.1, 0.15) is 47.2 Å². The highest BCUT2D eigenvalue weighted by Gasteiger charge is 2.54. The zero-order valence-electron chi connectivity index (χ0n) is 38.9. The first-order valence-electron chi connectivity index (χ1n) is 24.0. The summed E-state index contributed by atoms with van der Waals surface area (Å²) < 4.78 is 0. The van der Waals surface area contributed by atoms with Gasteiger partial charge >= 0.3 is 0 Å². The standard InChI is InChI=1S/C66H46N4/c1-65(2)54-29-15-17-31-56(54)66(57-32-18-16-30-55(57)65)53-39-38-49(60-42-50(44-22-9-4-10-23-44)41-59(67-60)46-24-11-5-12-25-46)40-52(53)61-51(28-19-33-58(61)66)64-69-62(47-26-13-6-14-27-47)68-63(70-64)48-36-34-45(35-37-48)43-20-7-3-8-21-43/h3-42H,1-2H3. The SMILES string of the molecule is CC1(C)c2ccccc2C2(c3ccc(-c4cc(-c5ccccc5)cc(-c5ccccc5)n4)cc3-c3c(-c4nc(-c5ccccc5)nc(-c5ccc(-c6ccccc6)cc5)n4)cccc32)c2ccccc21. The molecule has 2 aromatic heterocycles. The zero-order chi connectivity index (χ0) is 46.8. The monoisotopic (exact) mass is 894 g/mol. The molecule has 0 radical (unpaired) electrons. The van der Waals surface area contributed by atoms with Crippen LogP contribution in [0, 0.1) is 0 Å². The van der Waals surface area contributed by atoms with Gasteiger partial charge in [-0.3, -0.25) is 0 Å². The van der Waals surface area contributed by atoms with Crippen molar-refractivity contribution in [3.8, 4) is 90.1 Å². The van der Waals surface area contributed by atoms with Crippen molar-refractivity contribution >= 4 is 0 Å². The molecular weight excluding hydrogens is 849 g/mol. The van der Waals surface area contributed by atoms with Crippen LogP contribution in [0.4, 0.5) is 0 Å². The van der Waals surface area contributed by atoms with E-state index in [1.165, 1.54) is 33.4 Å². The molecule has 0 fully saturated rings. The Morgan fingerprint density at radius 3 is 1.26 bits per heavy atom. The van der Waals surface area contributed by atoms with Gasteiger partial charge in [-0.25, -0.2) is 19.9 Å². The summed E-state index contributed by atoms with van der Waals surface area (Å²) >= 11 is 0. The molecule has 4 nitrogen and oxygen atoms in total. The fraction of sp³-hybridized carbons (Fsp3) is 0.0606. The lowest BCUT2D eigenvalue weighted by Crippen LogP contribution is -2.40. The fourth-order valence-corrected chi connectivity index (χ4v) is 11.3. The van der Waals surface area contributed by atoms with Crippen molar-refractivity contribution in [1.29, 1.82) is 0 Å². The molecule has 0 atom stereocenters. The van der Waals surface area contributed by atoms with Crippen molar-refractivity contribution in [2.24, 2.45) is 0 Å². The maximum atomic E-state index is 5.44. The van der Waals surface area contributed by atoms with E-state index in [9.17, 15) is 0 Å². The molecule has 9 aromatic carbocycles. The molecular formula is C66H46N4. The quantitative estimate of drug-likeness (QED) is 0.160. The molecule has 0 saturated heterocycles. The van der Waals surface area contributed by atoms with E-state index in [0.717, 1.165) is 72.6 Å². The number of fused-ring (bicyclic) bond motifs is 9. The van der Waals surface area contributed by atoms with Gasteiger partial charge in [0, 0.05) is 33.2 Å². The van der Waals surface area contributed by atoms with Gasteiger partial charge in [-0.15, -0.1) is 0 Å². The van der Waals surface area contributed by atoms with E-state index >= 15 is 0 Å². The van der Waals surface area contributed by atoms with Gasteiger partial charge in [-0.2, -0.15) is 0 Å². The number of hydrogen-bond donors (Lipinski definition) is 0. The van der Waals surface area contributed by atoms with Crippen LogP contribution in [-0.2, 0) is 10.8 Å². The average Bonchev–Trinajstić information content (AvgIpc) is 3.74. The van der Waals surface area contributed by atoms with Crippen LogP contribution >= 0.6 is 0 Å². The molecule has 2 heterocycles. The summed E-state index contributed by atoms with van der Waals surface area (Å²) in [5.74, 6) is 1.86. The number of pyridine rings is 1. The van der Waals surface area contributed by atoms with E-state index in [-0.39, 0.29) is 5.41 Å². The molecule has 13 rings (SSSR count). The lowest BCUT2D eigenvalue weighted by molar-refractivity contribution is 0.563. The molecule has 2 aliphatic rings. The number of hydrogen-bond acceptors (Lipinski definition) is 4. The van der Waals surface area contributed by atoms with Crippen LogP contribution in [0.2, 0.25) is 0 Å². The molecule has 2 aliphatic carbocycles. The maximum absolute atomic E-state index is 5.44. The Hall–Kier alpha value is -8.86. The van der Waals surface area contributed by atoms with Gasteiger partial charge in [-0.05, 0) is 85.0 Å². The van der Waals surface area contributed by atoms with Gasteiger partial charge in [0.05, 0.1) is 16.8 Å². The molecule has 0 aliphatic heterocycles. The van der Waals surface area contributed by atoms with Gasteiger partial charge in [0.2, 0.25) is 0 Å². The predicted octanol–water partition coefficient (Wildman–Crippen LogP) is 15.9. The largest absolute Gasteiger partial charge is 0.248 e. The van der Waals surface area contributed by atoms with Crippen LogP contribution in [-0.4, -0.2) is 19.9 Å². The van der Waals surface area contributed by atoms with E-state index in [4.69, 9.17) is 19.9 Å². The number of nitrogens with zero attached hydrogens (tertiary/aromatic N) is 4. The highest BCUT2D eigenvalue weighted by molar-refractivity contribution is 5.97. The molecule has 0 bridgehead atoms. The van der Waals surface area contributed by atoms with Crippen molar-refractivity contribution in [1.82, 2.24) is 19.9 Å². The van der Waals surface area contributed by atoms with Crippen LogP contribution < -0.4 is 0 Å². The Kier molecular flexibility index (Phi) is 9.70. The molecule has 0 N–H and O–H groups in total. The van der Waals surface area contributed by atoms with E-state index in [0.29, 0.717) is 17.5 Å². The Balaban J connectivity index is 1.09. The molecule has 0 amide bonds. The summed E-state index contributed by atoms with van der Waals surface area (Å²) in [5.41, 5.74) is 20.3. The van der Waals surface area contributed by atoms with Crippen LogP contribution in [0.5, 0.6) is 0 Å². The van der Waals surface area contributed by atoms with Gasteiger partial charge in [0.15, 0.2) is 17.5 Å². The highest BCUT2D eigenvalue weighted by Crippen LogP contribution is 2.63. The number of rotatable bonds is 7. The summed E-state index contributed by atoms with van der Waals surface area (Å²) in [4.78, 5) is 21.5. The van der Waals surface area contributed by atoms with E-state index < -0.39 is 5.41 Å². The van der Waals surface area contributed by atoms with E-state index in [2.05, 4.69) is 232 Å². The summed E-state index contributed by atoms with van der Waals surface area (Å²) in [6.45, 7) is 4.74. The topological polar surface area (TPSA) is 51.6 Å². The summed E-state index contributed by atoms with van der Waals surface area (Å²) in [6.07, 6.45) is 0. The van der Waals surface area contributed by atoms with Crippen molar-refractivity contribution < 1.29 is 0 Å². The van der Waals surface area contributed by atoms with Gasteiger partial charge < -0.3 is 0 Å². The summed E-state index contributed by atoms with van der Waals surface area (Å²) in [6, 6.07) is 86.8. The molecule has 11 aromatic rings. The van der Waals surface area contributed by atoms with E-state index in [1.807, 2.05) is 24.3 Å². The molecule has 1 spiro atoms. The predicted molar refractivity (Wildman–Crippen MR) is 285 cm³/mol. The lowest BCUT2D eigenvalue weighted by atomic mass is 9.55. The zero-order valence-corrected chi connectivity index (χ0v) is 38.9. The lowest BCUT2D eigenvalue weighted by Gasteiger charge is -2.46. The minimum Gasteiger partial charge on any atom is -0.248 e. The summed E-state index contributed by atoms with van der Waals surface area (Å²) in [5, 5.41) is 0. The minimum atomic E-state index is -0.637. The highest BCUT2D eigenvalue weighted by atomic mass is 15.0. The smallest absolute Gasteiger partial charge is 0.164 e. The van der Waals surface area contributed by atoms with Crippen molar-refractivity contribution in [2.75, 3.05) is 0 Å². The Morgan fingerprint density at radius 2 is 0.671 bits per heavy atom. The molecule has 0 unspecified atom stereocenters. The third-order valence-corrected chi connectivity index (χ3v) is 14.6. The third-order valence-electron chi connectivity index (χ3n) is 14.6. The second-order valence-corrected chi connectivity index (χ2v) is 18.9. The first-order chi connectivity index (χ1) is 34.4. The molecule has 0 saturated carbocycles. The second-order valence-electron chi connectivity index (χ2n) is 18.9. The first kappa shape index (κ1) is 41.3. The van der Waals surface area contributed by atoms with Crippen LogP contribution in [0.15, 0.2) is 243 Å². The van der Waals surface area contributed by atoms with Crippen LogP contribution in [0.3, 0.4) is 0 Å². The second kappa shape index (κ2) is 16.4. The molecule has 4 heteroatoms. The maximum Gasteiger partial charge on any atom is 0.164 e. The van der Waals surface area contributed by atoms with Gasteiger partial charge in [-0.1, -0.05) is 238 Å². The number of benzene rings is 9. The van der Waals surface area contributed by atoms with Gasteiger partial charge in [0.1, 0.15) is 0 Å².